The number of aromatic nitrogens is 2. The number of ether oxygens (including phenoxy) is 1. The Labute approximate surface area is 118 Å². The van der Waals surface area contributed by atoms with Crippen LogP contribution in [0.5, 0.6) is 0 Å². The number of Topliss-reactive ketones (excluding diaryl/α,β-unsaturated/α-hetero) is 1. The van der Waals surface area contributed by atoms with E-state index in [-0.39, 0.29) is 11.9 Å². The van der Waals surface area contributed by atoms with Crippen LogP contribution in [0, 0.1) is 0 Å². The van der Waals surface area contributed by atoms with Gasteiger partial charge in [-0.05, 0) is 37.5 Å². The molecule has 1 aromatic carbocycles. The van der Waals surface area contributed by atoms with Gasteiger partial charge in [-0.2, -0.15) is 5.10 Å². The molecule has 20 heavy (non-hydrogen) atoms. The maximum absolute atomic E-state index is 12.4. The first kappa shape index (κ1) is 13.1. The lowest BCUT2D eigenvalue weighted by atomic mass is 10.0. The molecule has 0 N–H and O–H groups in total. The van der Waals surface area contributed by atoms with Crippen LogP contribution in [0.4, 0.5) is 0 Å². The Morgan fingerprint density at radius 1 is 1.25 bits per heavy atom. The number of rotatable bonds is 4. The fraction of sp³-hybridized carbons (Fsp3) is 0.375. The van der Waals surface area contributed by atoms with Crippen molar-refractivity contribution >= 4 is 5.78 Å². The third-order valence-electron chi connectivity index (χ3n) is 3.62. The summed E-state index contributed by atoms with van der Waals surface area (Å²) in [4.78, 5) is 12.4. The normalized spacial score (nSPS) is 18.9. The highest BCUT2D eigenvalue weighted by Gasteiger charge is 2.21. The number of carbonyl (C=O) groups is 1. The van der Waals surface area contributed by atoms with Gasteiger partial charge in [-0.1, -0.05) is 18.2 Å². The van der Waals surface area contributed by atoms with Crippen molar-refractivity contribution in [3.8, 4) is 5.69 Å². The summed E-state index contributed by atoms with van der Waals surface area (Å²) in [5, 5.41) is 4.26. The molecule has 1 fully saturated rings. The zero-order valence-electron chi connectivity index (χ0n) is 11.4. The SMILES string of the molecule is O=C(CC1CCCCO1)c1ccnn1-c1ccccc1. The van der Waals surface area contributed by atoms with Crippen LogP contribution in [0.25, 0.3) is 5.69 Å². The van der Waals surface area contributed by atoms with Crippen LogP contribution in [0.2, 0.25) is 0 Å². The van der Waals surface area contributed by atoms with Gasteiger partial charge in [0.05, 0.1) is 18.0 Å². The summed E-state index contributed by atoms with van der Waals surface area (Å²) in [6, 6.07) is 11.5. The van der Waals surface area contributed by atoms with E-state index in [1.165, 1.54) is 0 Å². The van der Waals surface area contributed by atoms with E-state index in [1.54, 1.807) is 16.9 Å². The van der Waals surface area contributed by atoms with Crippen molar-refractivity contribution in [2.45, 2.75) is 31.8 Å². The lowest BCUT2D eigenvalue weighted by molar-refractivity contribution is 0.0127. The minimum Gasteiger partial charge on any atom is -0.378 e. The molecular weight excluding hydrogens is 252 g/mol. The second kappa shape index (κ2) is 6.01. The Bertz CT molecular complexity index is 571. The molecule has 0 bridgehead atoms. The Balaban J connectivity index is 1.77. The number of benzene rings is 1. The van der Waals surface area contributed by atoms with Crippen molar-refractivity contribution in [1.29, 1.82) is 0 Å². The van der Waals surface area contributed by atoms with Crippen LogP contribution < -0.4 is 0 Å². The first-order chi connectivity index (χ1) is 9.84. The highest BCUT2D eigenvalue weighted by Crippen LogP contribution is 2.19. The largest absolute Gasteiger partial charge is 0.378 e. The second-order valence-corrected chi connectivity index (χ2v) is 5.08. The molecule has 0 saturated carbocycles. The molecule has 104 valence electrons. The van der Waals surface area contributed by atoms with Gasteiger partial charge in [0.2, 0.25) is 0 Å². The zero-order valence-corrected chi connectivity index (χ0v) is 11.4. The van der Waals surface area contributed by atoms with Crippen LogP contribution in [-0.2, 0) is 4.74 Å². The molecule has 3 rings (SSSR count). The van der Waals surface area contributed by atoms with Gasteiger partial charge in [0.15, 0.2) is 5.78 Å². The molecule has 4 nitrogen and oxygen atoms in total. The third-order valence-corrected chi connectivity index (χ3v) is 3.62. The fourth-order valence-electron chi connectivity index (χ4n) is 2.57. The van der Waals surface area contributed by atoms with Crippen molar-refractivity contribution in [3.63, 3.8) is 0 Å². The van der Waals surface area contributed by atoms with E-state index in [0.29, 0.717) is 12.1 Å². The van der Waals surface area contributed by atoms with Crippen molar-refractivity contribution < 1.29 is 9.53 Å². The van der Waals surface area contributed by atoms with E-state index < -0.39 is 0 Å². The zero-order chi connectivity index (χ0) is 13.8. The summed E-state index contributed by atoms with van der Waals surface area (Å²) in [6.45, 7) is 0.774. The van der Waals surface area contributed by atoms with Crippen LogP contribution >= 0.6 is 0 Å². The van der Waals surface area contributed by atoms with Crippen molar-refractivity contribution in [2.24, 2.45) is 0 Å². The minimum absolute atomic E-state index is 0.0652. The van der Waals surface area contributed by atoms with Gasteiger partial charge in [0.25, 0.3) is 0 Å². The maximum Gasteiger partial charge on any atom is 0.183 e. The standard InChI is InChI=1S/C16H18N2O2/c19-16(12-14-8-4-5-11-20-14)15-9-10-17-18(15)13-6-2-1-3-7-13/h1-3,6-7,9-10,14H,4-5,8,11-12H2. The van der Waals surface area contributed by atoms with Gasteiger partial charge >= 0.3 is 0 Å². The van der Waals surface area contributed by atoms with Crippen LogP contribution in [0.3, 0.4) is 0 Å². The molecule has 4 heteroatoms. The van der Waals surface area contributed by atoms with E-state index in [4.69, 9.17) is 4.74 Å². The van der Waals surface area contributed by atoms with E-state index in [2.05, 4.69) is 5.10 Å². The van der Waals surface area contributed by atoms with Gasteiger partial charge < -0.3 is 4.74 Å². The van der Waals surface area contributed by atoms with Crippen molar-refractivity contribution in [3.05, 3.63) is 48.3 Å². The molecule has 1 saturated heterocycles. The van der Waals surface area contributed by atoms with Crippen molar-refractivity contribution in [1.82, 2.24) is 9.78 Å². The number of para-hydroxylation sites is 1. The fourth-order valence-corrected chi connectivity index (χ4v) is 2.57. The molecule has 0 amide bonds. The monoisotopic (exact) mass is 270 g/mol. The summed E-state index contributed by atoms with van der Waals surface area (Å²) in [5.74, 6) is 0.0956. The molecule has 0 radical (unpaired) electrons. The topological polar surface area (TPSA) is 44.1 Å². The first-order valence-electron chi connectivity index (χ1n) is 7.09. The smallest absolute Gasteiger partial charge is 0.183 e. The molecular formula is C16H18N2O2. The first-order valence-corrected chi connectivity index (χ1v) is 7.09. The Morgan fingerprint density at radius 2 is 2.10 bits per heavy atom. The summed E-state index contributed by atoms with van der Waals surface area (Å²) in [7, 11) is 0. The number of carbonyl (C=O) groups excluding carboxylic acids is 1. The Kier molecular flexibility index (Phi) is 3.92. The van der Waals surface area contributed by atoms with E-state index in [9.17, 15) is 4.79 Å². The quantitative estimate of drug-likeness (QED) is 0.802. The summed E-state index contributed by atoms with van der Waals surface area (Å²) in [6.07, 6.45) is 5.41. The number of ketones is 1. The van der Waals surface area contributed by atoms with E-state index in [1.807, 2.05) is 30.3 Å². The number of hydrogen-bond acceptors (Lipinski definition) is 3. The third kappa shape index (κ3) is 2.80. The lowest BCUT2D eigenvalue weighted by Crippen LogP contribution is -2.23. The highest BCUT2D eigenvalue weighted by atomic mass is 16.5. The highest BCUT2D eigenvalue weighted by molar-refractivity contribution is 5.95. The van der Waals surface area contributed by atoms with Gasteiger partial charge in [-0.15, -0.1) is 0 Å². The molecule has 0 aliphatic carbocycles. The summed E-state index contributed by atoms with van der Waals surface area (Å²) < 4.78 is 7.34. The molecule has 1 aromatic heterocycles. The molecule has 1 unspecified atom stereocenters. The lowest BCUT2D eigenvalue weighted by Gasteiger charge is -2.21. The Hall–Kier alpha value is -1.94. The maximum atomic E-state index is 12.4. The molecule has 0 spiro atoms. The summed E-state index contributed by atoms with van der Waals surface area (Å²) in [5.41, 5.74) is 1.54. The van der Waals surface area contributed by atoms with Gasteiger partial charge in [-0.25, -0.2) is 4.68 Å². The summed E-state index contributed by atoms with van der Waals surface area (Å²) >= 11 is 0. The van der Waals surface area contributed by atoms with Gasteiger partial charge in [0.1, 0.15) is 5.69 Å². The van der Waals surface area contributed by atoms with Crippen LogP contribution in [0.15, 0.2) is 42.6 Å². The van der Waals surface area contributed by atoms with Crippen LogP contribution in [0.1, 0.15) is 36.2 Å². The van der Waals surface area contributed by atoms with Crippen molar-refractivity contribution in [2.75, 3.05) is 6.61 Å². The Morgan fingerprint density at radius 3 is 2.85 bits per heavy atom. The number of nitrogens with zero attached hydrogens (tertiary/aromatic N) is 2. The van der Waals surface area contributed by atoms with Gasteiger partial charge in [-0.3, -0.25) is 4.79 Å². The molecule has 1 aliphatic rings. The van der Waals surface area contributed by atoms with Crippen LogP contribution in [-0.4, -0.2) is 28.3 Å². The van der Waals surface area contributed by atoms with Gasteiger partial charge in [0, 0.05) is 13.0 Å². The average molecular weight is 270 g/mol. The predicted octanol–water partition coefficient (Wildman–Crippen LogP) is 3.01. The molecule has 2 aromatic rings. The average Bonchev–Trinajstić information content (AvgIpc) is 2.99. The predicted molar refractivity (Wildman–Crippen MR) is 76.1 cm³/mol. The van der Waals surface area contributed by atoms with E-state index >= 15 is 0 Å². The molecule has 1 aliphatic heterocycles. The van der Waals surface area contributed by atoms with E-state index in [0.717, 1.165) is 31.6 Å². The second-order valence-electron chi connectivity index (χ2n) is 5.08. The molecule has 2 heterocycles. The minimum atomic E-state index is 0.0652. The number of hydrogen-bond donors (Lipinski definition) is 0. The molecule has 1 atom stereocenters.